The van der Waals surface area contributed by atoms with E-state index >= 15 is 0 Å². The van der Waals surface area contributed by atoms with Gasteiger partial charge in [-0.05, 0) is 86.0 Å². The summed E-state index contributed by atoms with van der Waals surface area (Å²) in [5, 5.41) is 11.5. The van der Waals surface area contributed by atoms with Gasteiger partial charge in [-0.2, -0.15) is 0 Å². The van der Waals surface area contributed by atoms with Crippen LogP contribution >= 0.6 is 0 Å². The summed E-state index contributed by atoms with van der Waals surface area (Å²) in [5.41, 5.74) is 0.536. The maximum atomic E-state index is 13.4. The molecular weight excluding hydrogens is 372 g/mol. The summed E-state index contributed by atoms with van der Waals surface area (Å²) in [4.78, 5) is 25.4. The fourth-order valence-electron chi connectivity index (χ4n) is 8.42. The van der Waals surface area contributed by atoms with Gasteiger partial charge in [0.1, 0.15) is 5.78 Å². The first-order valence-corrected chi connectivity index (χ1v) is 12.5. The van der Waals surface area contributed by atoms with Crippen molar-refractivity contribution >= 4 is 11.6 Å². The Morgan fingerprint density at radius 2 is 1.87 bits per heavy atom. The molecule has 0 aromatic heterocycles. The molecule has 0 radical (unpaired) electrons. The lowest BCUT2D eigenvalue weighted by Crippen LogP contribution is -2.53. The van der Waals surface area contributed by atoms with Crippen LogP contribution in [0.25, 0.3) is 0 Å². The molecule has 3 heteroatoms. The zero-order chi connectivity index (χ0) is 21.9. The van der Waals surface area contributed by atoms with Crippen LogP contribution in [-0.2, 0) is 9.59 Å². The Hall–Kier alpha value is -0.960. The molecule has 7 unspecified atom stereocenters. The van der Waals surface area contributed by atoms with Crippen LogP contribution in [0, 0.1) is 40.4 Å². The molecule has 0 amide bonds. The van der Waals surface area contributed by atoms with Gasteiger partial charge in [-0.1, -0.05) is 46.1 Å². The molecule has 0 aromatic rings. The smallest absolute Gasteiger partial charge is 0.155 e. The molecule has 3 fully saturated rings. The van der Waals surface area contributed by atoms with E-state index < -0.39 is 5.60 Å². The summed E-state index contributed by atoms with van der Waals surface area (Å²) in [6.45, 7) is 11.1. The molecule has 3 saturated carbocycles. The average Bonchev–Trinajstić information content (AvgIpc) is 2.92. The van der Waals surface area contributed by atoms with Crippen LogP contribution < -0.4 is 0 Å². The van der Waals surface area contributed by atoms with Crippen LogP contribution in [0.4, 0.5) is 0 Å². The number of Topliss-reactive ketones (excluding diaryl/α,β-unsaturated/α-hetero) is 1. The molecule has 7 atom stereocenters. The van der Waals surface area contributed by atoms with E-state index in [2.05, 4.69) is 27.7 Å². The van der Waals surface area contributed by atoms with Gasteiger partial charge in [0.15, 0.2) is 5.78 Å². The van der Waals surface area contributed by atoms with E-state index in [-0.39, 0.29) is 16.7 Å². The Kier molecular flexibility index (Phi) is 5.61. The highest BCUT2D eigenvalue weighted by Crippen LogP contribution is 2.67. The molecule has 168 valence electrons. The van der Waals surface area contributed by atoms with Crippen LogP contribution in [0.2, 0.25) is 0 Å². The summed E-state index contributed by atoms with van der Waals surface area (Å²) >= 11 is 0. The zero-order valence-electron chi connectivity index (χ0n) is 19.8. The van der Waals surface area contributed by atoms with Crippen molar-refractivity contribution in [2.75, 3.05) is 0 Å². The second-order valence-corrected chi connectivity index (χ2v) is 12.3. The maximum absolute atomic E-state index is 13.4. The number of rotatable bonds is 5. The number of carbonyl (C=O) groups is 2. The third-order valence-electron chi connectivity index (χ3n) is 9.89. The first-order valence-electron chi connectivity index (χ1n) is 12.5. The van der Waals surface area contributed by atoms with Crippen molar-refractivity contribution in [2.24, 2.45) is 40.4 Å². The molecule has 4 aliphatic carbocycles. The minimum atomic E-state index is -0.900. The van der Waals surface area contributed by atoms with Gasteiger partial charge < -0.3 is 5.11 Å². The predicted molar refractivity (Wildman–Crippen MR) is 120 cm³/mol. The first kappa shape index (κ1) is 22.2. The summed E-state index contributed by atoms with van der Waals surface area (Å²) in [6.07, 6.45) is 11.4. The zero-order valence-corrected chi connectivity index (χ0v) is 19.8. The number of hydrogen-bond acceptors (Lipinski definition) is 3. The standard InChI is InChI=1S/C27H42O3/c1-17(2)7-6-12-27(5,30)24-23(29)16-22-20-9-8-18-15-19(28)10-13-25(18,3)21(20)11-14-26(22,24)4/h15,17,20-22,24,30H,6-14,16H2,1-5H3. The first-order chi connectivity index (χ1) is 14.0. The van der Waals surface area contributed by atoms with Gasteiger partial charge in [-0.25, -0.2) is 0 Å². The molecule has 1 N–H and O–H groups in total. The molecule has 0 bridgehead atoms. The Labute approximate surface area is 183 Å². The van der Waals surface area contributed by atoms with Gasteiger partial charge >= 0.3 is 0 Å². The summed E-state index contributed by atoms with van der Waals surface area (Å²) in [7, 11) is 0. The molecule has 3 nitrogen and oxygen atoms in total. The van der Waals surface area contributed by atoms with E-state index in [0.717, 1.165) is 51.4 Å². The van der Waals surface area contributed by atoms with Gasteiger partial charge in [0.25, 0.3) is 0 Å². The molecule has 0 saturated heterocycles. The molecule has 4 aliphatic rings. The van der Waals surface area contributed by atoms with Crippen molar-refractivity contribution in [3.63, 3.8) is 0 Å². The lowest BCUT2D eigenvalue weighted by Gasteiger charge is -2.58. The number of aliphatic hydroxyl groups is 1. The number of carbonyl (C=O) groups excluding carboxylic acids is 2. The van der Waals surface area contributed by atoms with Crippen LogP contribution in [0.1, 0.15) is 98.8 Å². The van der Waals surface area contributed by atoms with Crippen molar-refractivity contribution in [3.05, 3.63) is 11.6 Å². The van der Waals surface area contributed by atoms with E-state index in [1.807, 2.05) is 13.0 Å². The SMILES string of the molecule is CC(C)CCCC(C)(O)C1C(=O)CC2C3CCC4=CC(=O)CCC4(C)C3CCC21C. The largest absolute Gasteiger partial charge is 0.389 e. The lowest BCUT2D eigenvalue weighted by atomic mass is 9.46. The topological polar surface area (TPSA) is 54.4 Å². The van der Waals surface area contributed by atoms with Gasteiger partial charge in [0, 0.05) is 12.8 Å². The Bertz CT molecular complexity index is 747. The fourth-order valence-corrected chi connectivity index (χ4v) is 8.42. The van der Waals surface area contributed by atoms with Crippen LogP contribution in [-0.4, -0.2) is 22.3 Å². The quantitative estimate of drug-likeness (QED) is 0.610. The minimum absolute atomic E-state index is 0.0817. The van der Waals surface area contributed by atoms with Crippen LogP contribution in [0.5, 0.6) is 0 Å². The van der Waals surface area contributed by atoms with Crippen LogP contribution in [0.3, 0.4) is 0 Å². The lowest BCUT2D eigenvalue weighted by molar-refractivity contribution is -0.139. The Morgan fingerprint density at radius 1 is 1.13 bits per heavy atom. The third-order valence-corrected chi connectivity index (χ3v) is 9.89. The highest BCUT2D eigenvalue weighted by molar-refractivity contribution is 5.91. The van der Waals surface area contributed by atoms with E-state index in [4.69, 9.17) is 0 Å². The normalized spacial score (nSPS) is 43.0. The Balaban J connectivity index is 1.58. The number of ketones is 2. The molecule has 4 rings (SSSR count). The van der Waals surface area contributed by atoms with E-state index in [9.17, 15) is 14.7 Å². The summed E-state index contributed by atoms with van der Waals surface area (Å²) < 4.78 is 0. The molecule has 30 heavy (non-hydrogen) atoms. The van der Waals surface area contributed by atoms with Gasteiger partial charge in [-0.3, -0.25) is 9.59 Å². The fraction of sp³-hybridized carbons (Fsp3) is 0.852. The van der Waals surface area contributed by atoms with E-state index in [1.54, 1.807) is 0 Å². The van der Waals surface area contributed by atoms with E-state index in [1.165, 1.54) is 5.57 Å². The minimum Gasteiger partial charge on any atom is -0.389 e. The molecule has 0 aliphatic heterocycles. The summed E-state index contributed by atoms with van der Waals surface area (Å²) in [6, 6.07) is 0. The molecule has 0 spiro atoms. The average molecular weight is 415 g/mol. The van der Waals surface area contributed by atoms with Gasteiger partial charge in [0.2, 0.25) is 0 Å². The van der Waals surface area contributed by atoms with Crippen molar-refractivity contribution in [2.45, 2.75) is 104 Å². The molecule has 0 heterocycles. The highest BCUT2D eigenvalue weighted by atomic mass is 16.3. The number of hydrogen-bond donors (Lipinski definition) is 1. The van der Waals surface area contributed by atoms with Crippen molar-refractivity contribution in [3.8, 4) is 0 Å². The van der Waals surface area contributed by atoms with Crippen molar-refractivity contribution < 1.29 is 14.7 Å². The molecular formula is C27H42O3. The predicted octanol–water partition coefficient (Wildman–Crippen LogP) is 5.89. The number of fused-ring (bicyclic) bond motifs is 5. The third kappa shape index (κ3) is 3.44. The van der Waals surface area contributed by atoms with Gasteiger partial charge in [0.05, 0.1) is 11.5 Å². The monoisotopic (exact) mass is 414 g/mol. The highest BCUT2D eigenvalue weighted by Gasteiger charge is 2.64. The van der Waals surface area contributed by atoms with Gasteiger partial charge in [-0.15, -0.1) is 0 Å². The molecule has 0 aromatic carbocycles. The number of allylic oxidation sites excluding steroid dienone is 1. The van der Waals surface area contributed by atoms with Crippen molar-refractivity contribution in [1.82, 2.24) is 0 Å². The Morgan fingerprint density at radius 3 is 2.57 bits per heavy atom. The van der Waals surface area contributed by atoms with Crippen LogP contribution in [0.15, 0.2) is 11.6 Å². The second kappa shape index (κ2) is 7.57. The van der Waals surface area contributed by atoms with E-state index in [0.29, 0.717) is 48.1 Å². The van der Waals surface area contributed by atoms with Crippen molar-refractivity contribution in [1.29, 1.82) is 0 Å². The summed E-state index contributed by atoms with van der Waals surface area (Å²) in [5.74, 6) is 2.55. The second-order valence-electron chi connectivity index (χ2n) is 12.3. The maximum Gasteiger partial charge on any atom is 0.155 e.